The Morgan fingerprint density at radius 1 is 1.60 bits per heavy atom. The maximum absolute atomic E-state index is 11.4. The van der Waals surface area contributed by atoms with Gasteiger partial charge in [-0.25, -0.2) is 4.98 Å². The van der Waals surface area contributed by atoms with E-state index in [4.69, 9.17) is 10.5 Å². The smallest absolute Gasteiger partial charge is 0.181 e. The van der Waals surface area contributed by atoms with E-state index in [0.717, 1.165) is 17.7 Å². The summed E-state index contributed by atoms with van der Waals surface area (Å²) in [6.07, 6.45) is 0.775. The zero-order valence-corrected chi connectivity index (χ0v) is 9.33. The summed E-state index contributed by atoms with van der Waals surface area (Å²) >= 11 is 0. The summed E-state index contributed by atoms with van der Waals surface area (Å²) in [6.45, 7) is 3.81. The highest BCUT2D eigenvalue weighted by molar-refractivity contribution is 5.95. The fraction of sp³-hybridized carbons (Fsp3) is 0.455. The Balaban J connectivity index is 3.39. The van der Waals surface area contributed by atoms with Crippen LogP contribution in [0.25, 0.3) is 0 Å². The van der Waals surface area contributed by atoms with Gasteiger partial charge in [-0.15, -0.1) is 0 Å². The average Bonchev–Trinajstić information content (AvgIpc) is 2.26. The number of ether oxygens (including phenoxy) is 1. The molecule has 15 heavy (non-hydrogen) atoms. The molecule has 0 atom stereocenters. The van der Waals surface area contributed by atoms with Crippen molar-refractivity contribution >= 4 is 5.78 Å². The molecule has 2 N–H and O–H groups in total. The van der Waals surface area contributed by atoms with Crippen molar-refractivity contribution in [3.8, 4) is 5.75 Å². The Morgan fingerprint density at radius 3 is 2.67 bits per heavy atom. The number of methoxy groups -OCH3 is 1. The van der Waals surface area contributed by atoms with Crippen molar-refractivity contribution in [3.05, 3.63) is 23.0 Å². The van der Waals surface area contributed by atoms with Gasteiger partial charge < -0.3 is 10.5 Å². The Morgan fingerprint density at radius 2 is 2.27 bits per heavy atom. The molecule has 1 rings (SSSR count). The van der Waals surface area contributed by atoms with E-state index in [2.05, 4.69) is 4.98 Å². The molecule has 1 aromatic heterocycles. The molecule has 0 amide bonds. The first-order valence-corrected chi connectivity index (χ1v) is 4.91. The number of carbonyl (C=O) groups excluding carboxylic acids is 1. The lowest BCUT2D eigenvalue weighted by molar-refractivity contribution is 0.100. The molecule has 0 aliphatic carbocycles. The van der Waals surface area contributed by atoms with E-state index in [0.29, 0.717) is 18.0 Å². The van der Waals surface area contributed by atoms with Crippen LogP contribution in [0.5, 0.6) is 5.75 Å². The molecule has 0 fully saturated rings. The average molecular weight is 208 g/mol. The highest BCUT2D eigenvalue weighted by Gasteiger charge is 2.15. The predicted molar refractivity (Wildman–Crippen MR) is 58.1 cm³/mol. The standard InChI is InChI=1S/C11H16N2O2/c1-4-9-5-8(6-12)11(15-3)10(13-9)7(2)14/h5H,4,6,12H2,1-3H3. The monoisotopic (exact) mass is 208 g/mol. The second kappa shape index (κ2) is 4.89. The van der Waals surface area contributed by atoms with Crippen LogP contribution in [0.1, 0.15) is 35.6 Å². The summed E-state index contributed by atoms with van der Waals surface area (Å²) in [5.74, 6) is 0.402. The molecule has 4 nitrogen and oxygen atoms in total. The number of hydrogen-bond donors (Lipinski definition) is 1. The highest BCUT2D eigenvalue weighted by atomic mass is 16.5. The van der Waals surface area contributed by atoms with Gasteiger partial charge in [-0.2, -0.15) is 0 Å². The van der Waals surface area contributed by atoms with E-state index in [9.17, 15) is 4.79 Å². The molecule has 0 saturated heterocycles. The Kier molecular flexibility index (Phi) is 3.80. The van der Waals surface area contributed by atoms with Crippen molar-refractivity contribution < 1.29 is 9.53 Å². The summed E-state index contributed by atoms with van der Waals surface area (Å²) in [7, 11) is 1.52. The molecule has 0 spiro atoms. The number of carbonyl (C=O) groups is 1. The van der Waals surface area contributed by atoms with Crippen LogP contribution >= 0.6 is 0 Å². The minimum absolute atomic E-state index is 0.100. The van der Waals surface area contributed by atoms with Crippen molar-refractivity contribution in [1.29, 1.82) is 0 Å². The van der Waals surface area contributed by atoms with Gasteiger partial charge in [0.2, 0.25) is 0 Å². The highest BCUT2D eigenvalue weighted by Crippen LogP contribution is 2.23. The summed E-state index contributed by atoms with van der Waals surface area (Å²) < 4.78 is 5.16. The quantitative estimate of drug-likeness (QED) is 0.758. The van der Waals surface area contributed by atoms with E-state index < -0.39 is 0 Å². The van der Waals surface area contributed by atoms with Crippen molar-refractivity contribution in [2.45, 2.75) is 26.8 Å². The fourth-order valence-electron chi connectivity index (χ4n) is 1.44. The number of hydrogen-bond acceptors (Lipinski definition) is 4. The number of Topliss-reactive ketones (excluding diaryl/α,β-unsaturated/α-hetero) is 1. The van der Waals surface area contributed by atoms with Crippen LogP contribution in [0.15, 0.2) is 6.07 Å². The Hall–Kier alpha value is -1.42. The minimum Gasteiger partial charge on any atom is -0.494 e. The number of pyridine rings is 1. The lowest BCUT2D eigenvalue weighted by atomic mass is 10.1. The van der Waals surface area contributed by atoms with E-state index in [1.54, 1.807) is 0 Å². The third-order valence-electron chi connectivity index (χ3n) is 2.22. The summed E-state index contributed by atoms with van der Waals surface area (Å²) in [6, 6.07) is 1.88. The van der Waals surface area contributed by atoms with E-state index in [1.165, 1.54) is 14.0 Å². The van der Waals surface area contributed by atoms with Gasteiger partial charge in [0.05, 0.1) is 7.11 Å². The number of aromatic nitrogens is 1. The molecular weight excluding hydrogens is 192 g/mol. The van der Waals surface area contributed by atoms with Gasteiger partial charge in [0, 0.05) is 24.7 Å². The molecule has 1 heterocycles. The second-order valence-electron chi connectivity index (χ2n) is 3.27. The first-order chi connectivity index (χ1) is 7.13. The molecule has 0 aliphatic rings. The number of rotatable bonds is 4. The number of nitrogens with zero attached hydrogens (tertiary/aromatic N) is 1. The number of nitrogens with two attached hydrogens (primary N) is 1. The van der Waals surface area contributed by atoms with Gasteiger partial charge in [-0.1, -0.05) is 6.92 Å². The Bertz CT molecular complexity index is 375. The SMILES string of the molecule is CCc1cc(CN)c(OC)c(C(C)=O)n1. The molecule has 82 valence electrons. The zero-order chi connectivity index (χ0) is 11.4. The number of aryl methyl sites for hydroxylation is 1. The molecule has 1 aromatic rings. The topological polar surface area (TPSA) is 65.2 Å². The first-order valence-electron chi connectivity index (χ1n) is 4.91. The van der Waals surface area contributed by atoms with Crippen molar-refractivity contribution in [1.82, 2.24) is 4.98 Å². The second-order valence-corrected chi connectivity index (χ2v) is 3.27. The maximum Gasteiger partial charge on any atom is 0.181 e. The van der Waals surface area contributed by atoms with Crippen LogP contribution in [0.4, 0.5) is 0 Å². The summed E-state index contributed by atoms with van der Waals surface area (Å²) in [4.78, 5) is 15.6. The van der Waals surface area contributed by atoms with E-state index in [1.807, 2.05) is 13.0 Å². The zero-order valence-electron chi connectivity index (χ0n) is 9.33. The predicted octanol–water partition coefficient (Wildman–Crippen LogP) is 1.31. The molecule has 0 aromatic carbocycles. The largest absolute Gasteiger partial charge is 0.494 e. The van der Waals surface area contributed by atoms with E-state index in [-0.39, 0.29) is 5.78 Å². The third kappa shape index (κ3) is 2.33. The van der Waals surface area contributed by atoms with Gasteiger partial charge >= 0.3 is 0 Å². The summed E-state index contributed by atoms with van der Waals surface area (Å²) in [5, 5.41) is 0. The van der Waals surface area contributed by atoms with Crippen LogP contribution in [0.2, 0.25) is 0 Å². The maximum atomic E-state index is 11.4. The van der Waals surface area contributed by atoms with Crippen molar-refractivity contribution in [2.24, 2.45) is 5.73 Å². The fourth-order valence-corrected chi connectivity index (χ4v) is 1.44. The lowest BCUT2D eigenvalue weighted by Crippen LogP contribution is -2.09. The van der Waals surface area contributed by atoms with Crippen LogP contribution < -0.4 is 10.5 Å². The van der Waals surface area contributed by atoms with Crippen molar-refractivity contribution in [3.63, 3.8) is 0 Å². The molecule has 0 bridgehead atoms. The van der Waals surface area contributed by atoms with E-state index >= 15 is 0 Å². The Labute approximate surface area is 89.5 Å². The van der Waals surface area contributed by atoms with Crippen LogP contribution in [0, 0.1) is 0 Å². The van der Waals surface area contributed by atoms with Crippen molar-refractivity contribution in [2.75, 3.05) is 7.11 Å². The first kappa shape index (κ1) is 11.7. The van der Waals surface area contributed by atoms with Crippen LogP contribution in [-0.4, -0.2) is 17.9 Å². The molecule has 0 unspecified atom stereocenters. The van der Waals surface area contributed by atoms with Crippen LogP contribution in [-0.2, 0) is 13.0 Å². The molecule has 0 aliphatic heterocycles. The van der Waals surface area contributed by atoms with Gasteiger partial charge in [0.15, 0.2) is 11.5 Å². The van der Waals surface area contributed by atoms with Crippen LogP contribution in [0.3, 0.4) is 0 Å². The van der Waals surface area contributed by atoms with Gasteiger partial charge in [-0.05, 0) is 12.5 Å². The summed E-state index contributed by atoms with van der Waals surface area (Å²) in [5.41, 5.74) is 7.66. The normalized spacial score (nSPS) is 10.1. The molecular formula is C11H16N2O2. The minimum atomic E-state index is -0.100. The number of ketones is 1. The molecule has 0 radical (unpaired) electrons. The van der Waals surface area contributed by atoms with Gasteiger partial charge in [0.25, 0.3) is 0 Å². The molecule has 4 heteroatoms. The van der Waals surface area contributed by atoms with Gasteiger partial charge in [-0.3, -0.25) is 4.79 Å². The molecule has 0 saturated carbocycles. The third-order valence-corrected chi connectivity index (χ3v) is 2.22. The lowest BCUT2D eigenvalue weighted by Gasteiger charge is -2.11. The van der Waals surface area contributed by atoms with Gasteiger partial charge in [0.1, 0.15) is 5.69 Å².